The van der Waals surface area contributed by atoms with E-state index in [4.69, 9.17) is 0 Å². The first-order valence-electron chi connectivity index (χ1n) is 5.27. The second kappa shape index (κ2) is 4.53. The molecule has 0 radical (unpaired) electrons. The number of para-hydroxylation sites is 1. The third-order valence-corrected chi connectivity index (χ3v) is 2.26. The maximum atomic E-state index is 12.9. The van der Waals surface area contributed by atoms with E-state index in [1.54, 1.807) is 24.3 Å². The normalized spacial score (nSPS) is 11.2. The first-order valence-corrected chi connectivity index (χ1v) is 5.27. The lowest BCUT2D eigenvalue weighted by molar-refractivity contribution is -0.158. The molecule has 88 valence electrons. The Morgan fingerprint density at radius 3 is 2.12 bits per heavy atom. The number of hydrogen-bond acceptors (Lipinski definition) is 1. The summed E-state index contributed by atoms with van der Waals surface area (Å²) < 4.78 is 30.4. The second-order valence-electron chi connectivity index (χ2n) is 3.77. The van der Waals surface area contributed by atoms with Crippen molar-refractivity contribution in [2.24, 2.45) is 0 Å². The summed E-state index contributed by atoms with van der Waals surface area (Å²) in [4.78, 5) is 0. The van der Waals surface area contributed by atoms with Crippen molar-refractivity contribution in [2.45, 2.75) is 13.0 Å². The third kappa shape index (κ3) is 3.03. The number of benzene rings is 2. The van der Waals surface area contributed by atoms with Crippen LogP contribution < -0.4 is 4.74 Å². The Morgan fingerprint density at radius 1 is 0.882 bits per heavy atom. The molecule has 0 aliphatic heterocycles. The number of ether oxygens (including phenoxy) is 1. The molecular weight excluding hydrogens is 222 g/mol. The summed E-state index contributed by atoms with van der Waals surface area (Å²) in [7, 11) is 0. The van der Waals surface area contributed by atoms with Gasteiger partial charge in [-0.3, -0.25) is 0 Å². The maximum Gasteiger partial charge on any atom is 0.394 e. The Kier molecular flexibility index (Phi) is 3.09. The van der Waals surface area contributed by atoms with Crippen molar-refractivity contribution in [3.8, 4) is 16.9 Å². The predicted octanol–water partition coefficient (Wildman–Crippen LogP) is 4.35. The lowest BCUT2D eigenvalue weighted by Crippen LogP contribution is -2.19. The summed E-state index contributed by atoms with van der Waals surface area (Å²) in [6.07, 6.45) is -3.18. The molecule has 0 amide bonds. The van der Waals surface area contributed by atoms with Gasteiger partial charge in [0.15, 0.2) is 0 Å². The van der Waals surface area contributed by atoms with Crippen molar-refractivity contribution in [3.05, 3.63) is 54.6 Å². The SMILES string of the molecule is CC(F)(F)Oc1ccccc1-c1ccccc1. The van der Waals surface area contributed by atoms with Gasteiger partial charge in [-0.2, -0.15) is 8.78 Å². The van der Waals surface area contributed by atoms with E-state index in [0.29, 0.717) is 5.56 Å². The van der Waals surface area contributed by atoms with Gasteiger partial charge in [-0.15, -0.1) is 0 Å². The van der Waals surface area contributed by atoms with Gasteiger partial charge in [0.05, 0.1) is 0 Å². The quantitative estimate of drug-likeness (QED) is 0.767. The van der Waals surface area contributed by atoms with Crippen LogP contribution in [0.5, 0.6) is 5.75 Å². The summed E-state index contributed by atoms with van der Waals surface area (Å²) in [5.74, 6) is 0.186. The van der Waals surface area contributed by atoms with Crippen LogP contribution in [0.15, 0.2) is 54.6 Å². The average molecular weight is 234 g/mol. The zero-order chi connectivity index (χ0) is 12.3. The average Bonchev–Trinajstić information content (AvgIpc) is 2.29. The molecule has 0 saturated heterocycles. The molecule has 2 rings (SSSR count). The van der Waals surface area contributed by atoms with E-state index in [1.807, 2.05) is 30.3 Å². The molecule has 0 heterocycles. The van der Waals surface area contributed by atoms with Crippen molar-refractivity contribution >= 4 is 0 Å². The van der Waals surface area contributed by atoms with Crippen molar-refractivity contribution < 1.29 is 13.5 Å². The molecule has 0 saturated carbocycles. The van der Waals surface area contributed by atoms with E-state index in [2.05, 4.69) is 4.74 Å². The molecule has 0 spiro atoms. The molecule has 0 aromatic heterocycles. The smallest absolute Gasteiger partial charge is 0.394 e. The van der Waals surface area contributed by atoms with E-state index >= 15 is 0 Å². The fourth-order valence-corrected chi connectivity index (χ4v) is 1.60. The van der Waals surface area contributed by atoms with Crippen LogP contribution in [0.3, 0.4) is 0 Å². The van der Waals surface area contributed by atoms with Crippen LogP contribution in [0.2, 0.25) is 0 Å². The van der Waals surface area contributed by atoms with Crippen LogP contribution in [0.1, 0.15) is 6.92 Å². The molecule has 0 aliphatic rings. The summed E-state index contributed by atoms with van der Waals surface area (Å²) in [5.41, 5.74) is 1.52. The molecule has 2 aromatic rings. The molecule has 17 heavy (non-hydrogen) atoms. The van der Waals surface area contributed by atoms with E-state index in [0.717, 1.165) is 12.5 Å². The van der Waals surface area contributed by atoms with Crippen LogP contribution >= 0.6 is 0 Å². The first kappa shape index (κ1) is 11.6. The van der Waals surface area contributed by atoms with Crippen molar-refractivity contribution in [3.63, 3.8) is 0 Å². The Labute approximate surface area is 98.7 Å². The minimum absolute atomic E-state index is 0.186. The van der Waals surface area contributed by atoms with Gasteiger partial charge in [-0.1, -0.05) is 48.5 Å². The molecule has 2 aromatic carbocycles. The highest BCUT2D eigenvalue weighted by Crippen LogP contribution is 2.32. The van der Waals surface area contributed by atoms with Crippen LogP contribution in [-0.2, 0) is 0 Å². The van der Waals surface area contributed by atoms with Crippen LogP contribution in [-0.4, -0.2) is 6.11 Å². The molecular formula is C14H12F2O. The third-order valence-electron chi connectivity index (χ3n) is 2.26. The van der Waals surface area contributed by atoms with Crippen molar-refractivity contribution in [1.82, 2.24) is 0 Å². The molecule has 0 fully saturated rings. The predicted molar refractivity (Wildman–Crippen MR) is 63.1 cm³/mol. The van der Waals surface area contributed by atoms with Gasteiger partial charge in [0, 0.05) is 12.5 Å². The Morgan fingerprint density at radius 2 is 1.47 bits per heavy atom. The zero-order valence-corrected chi connectivity index (χ0v) is 9.36. The minimum Gasteiger partial charge on any atom is -0.432 e. The fraction of sp³-hybridized carbons (Fsp3) is 0.143. The number of alkyl halides is 2. The first-order chi connectivity index (χ1) is 8.06. The summed E-state index contributed by atoms with van der Waals surface area (Å²) in [5, 5.41) is 0. The molecule has 3 heteroatoms. The van der Waals surface area contributed by atoms with Crippen LogP contribution in [0, 0.1) is 0 Å². The second-order valence-corrected chi connectivity index (χ2v) is 3.77. The lowest BCUT2D eigenvalue weighted by atomic mass is 10.1. The highest BCUT2D eigenvalue weighted by Gasteiger charge is 2.24. The standard InChI is InChI=1S/C14H12F2O/c1-14(15,16)17-13-10-6-5-9-12(13)11-7-3-2-4-8-11/h2-10H,1H3. The number of rotatable bonds is 3. The number of hydrogen-bond donors (Lipinski definition) is 0. The van der Waals surface area contributed by atoms with Gasteiger partial charge in [0.1, 0.15) is 5.75 Å². The Balaban J connectivity index is 2.41. The van der Waals surface area contributed by atoms with Crippen LogP contribution in [0.4, 0.5) is 8.78 Å². The summed E-state index contributed by atoms with van der Waals surface area (Å²) in [6.45, 7) is 0.731. The van der Waals surface area contributed by atoms with Crippen molar-refractivity contribution in [1.29, 1.82) is 0 Å². The van der Waals surface area contributed by atoms with E-state index in [9.17, 15) is 8.78 Å². The largest absolute Gasteiger partial charge is 0.432 e. The molecule has 0 N–H and O–H groups in total. The van der Waals surface area contributed by atoms with Gasteiger partial charge in [-0.05, 0) is 11.6 Å². The Hall–Kier alpha value is -1.90. The Bertz CT molecular complexity index is 489. The minimum atomic E-state index is -3.18. The molecule has 0 atom stereocenters. The fourth-order valence-electron chi connectivity index (χ4n) is 1.60. The molecule has 0 bridgehead atoms. The summed E-state index contributed by atoms with van der Waals surface area (Å²) in [6, 6.07) is 16.1. The van der Waals surface area contributed by atoms with Gasteiger partial charge in [0.25, 0.3) is 0 Å². The highest BCUT2D eigenvalue weighted by atomic mass is 19.3. The number of halogens is 2. The van der Waals surface area contributed by atoms with E-state index in [-0.39, 0.29) is 5.75 Å². The van der Waals surface area contributed by atoms with Gasteiger partial charge in [0.2, 0.25) is 0 Å². The van der Waals surface area contributed by atoms with E-state index in [1.165, 1.54) is 0 Å². The zero-order valence-electron chi connectivity index (χ0n) is 9.36. The monoisotopic (exact) mass is 234 g/mol. The van der Waals surface area contributed by atoms with E-state index < -0.39 is 6.11 Å². The highest BCUT2D eigenvalue weighted by molar-refractivity contribution is 5.70. The topological polar surface area (TPSA) is 9.23 Å². The van der Waals surface area contributed by atoms with Gasteiger partial charge in [-0.25, -0.2) is 0 Å². The molecule has 0 aliphatic carbocycles. The molecule has 0 unspecified atom stereocenters. The maximum absolute atomic E-state index is 12.9. The summed E-state index contributed by atoms with van der Waals surface area (Å²) >= 11 is 0. The van der Waals surface area contributed by atoms with Crippen molar-refractivity contribution in [2.75, 3.05) is 0 Å². The van der Waals surface area contributed by atoms with Crippen LogP contribution in [0.25, 0.3) is 11.1 Å². The lowest BCUT2D eigenvalue weighted by Gasteiger charge is -2.16. The van der Waals surface area contributed by atoms with Gasteiger partial charge >= 0.3 is 6.11 Å². The molecule has 1 nitrogen and oxygen atoms in total. The van der Waals surface area contributed by atoms with Gasteiger partial charge < -0.3 is 4.74 Å².